The molecular formula is C6H9NO4. The number of hydrogen-bond donors (Lipinski definition) is 0. The van der Waals surface area contributed by atoms with Crippen molar-refractivity contribution in [2.24, 2.45) is 0 Å². The van der Waals surface area contributed by atoms with Crippen molar-refractivity contribution in [2.75, 3.05) is 6.61 Å². The van der Waals surface area contributed by atoms with E-state index in [0.717, 1.165) is 0 Å². The van der Waals surface area contributed by atoms with Crippen molar-refractivity contribution in [3.8, 4) is 0 Å². The van der Waals surface area contributed by atoms with Gasteiger partial charge in [0.15, 0.2) is 0 Å². The highest BCUT2D eigenvalue weighted by Gasteiger charge is 2.19. The second-order valence-electron chi connectivity index (χ2n) is 1.84. The molecule has 62 valence electrons. The third kappa shape index (κ3) is 3.34. The molecule has 0 saturated carbocycles. The summed E-state index contributed by atoms with van der Waals surface area (Å²) in [4.78, 5) is 19.6. The van der Waals surface area contributed by atoms with Gasteiger partial charge in [0.1, 0.15) is 0 Å². The predicted octanol–water partition coefficient (Wildman–Crippen LogP) is 0.730. The fourth-order valence-electron chi connectivity index (χ4n) is 0.353. The summed E-state index contributed by atoms with van der Waals surface area (Å²) in [7, 11) is 0. The molecule has 0 N–H and O–H groups in total. The molecule has 11 heavy (non-hydrogen) atoms. The number of carbonyl (C=O) groups is 1. The molecule has 0 fully saturated rings. The Morgan fingerprint density at radius 2 is 2.27 bits per heavy atom. The molecule has 0 bridgehead atoms. The van der Waals surface area contributed by atoms with Crippen molar-refractivity contribution in [2.45, 2.75) is 13.3 Å². The van der Waals surface area contributed by atoms with E-state index in [9.17, 15) is 14.9 Å². The molecule has 0 aliphatic rings. The third-order valence-corrected chi connectivity index (χ3v) is 0.893. The maximum Gasteiger partial charge on any atom is 0.409 e. The lowest BCUT2D eigenvalue weighted by Crippen LogP contribution is -2.13. The minimum atomic E-state index is -0.961. The van der Waals surface area contributed by atoms with Crippen molar-refractivity contribution < 1.29 is 14.5 Å². The molecule has 0 amide bonds. The van der Waals surface area contributed by atoms with E-state index < -0.39 is 16.6 Å². The topological polar surface area (TPSA) is 69.4 Å². The first kappa shape index (κ1) is 9.61. The van der Waals surface area contributed by atoms with Gasteiger partial charge in [0.25, 0.3) is 0 Å². The monoisotopic (exact) mass is 159 g/mol. The maximum absolute atomic E-state index is 10.6. The first-order valence-corrected chi connectivity index (χ1v) is 3.10. The van der Waals surface area contributed by atoms with Crippen LogP contribution in [0.15, 0.2) is 12.3 Å². The lowest BCUT2D eigenvalue weighted by molar-refractivity contribution is -0.420. The van der Waals surface area contributed by atoms with Crippen LogP contribution >= 0.6 is 0 Å². The van der Waals surface area contributed by atoms with Crippen molar-refractivity contribution in [3.05, 3.63) is 22.4 Å². The van der Waals surface area contributed by atoms with Gasteiger partial charge in [-0.15, -0.1) is 0 Å². The molecule has 0 unspecified atom stereocenters. The Morgan fingerprint density at radius 1 is 1.73 bits per heavy atom. The van der Waals surface area contributed by atoms with E-state index in [2.05, 4.69) is 11.3 Å². The van der Waals surface area contributed by atoms with Gasteiger partial charge in [-0.05, 0) is 13.0 Å². The average molecular weight is 159 g/mol. The van der Waals surface area contributed by atoms with E-state index >= 15 is 0 Å². The summed E-state index contributed by atoms with van der Waals surface area (Å²) in [5.41, 5.74) is -0.724. The van der Waals surface area contributed by atoms with Gasteiger partial charge in [-0.1, -0.05) is 6.92 Å². The molecule has 0 saturated heterocycles. The van der Waals surface area contributed by atoms with Crippen LogP contribution in [0.25, 0.3) is 0 Å². The first-order valence-electron chi connectivity index (χ1n) is 3.10. The van der Waals surface area contributed by atoms with Gasteiger partial charge in [-0.25, -0.2) is 4.79 Å². The minimum Gasteiger partial charge on any atom is -0.458 e. The van der Waals surface area contributed by atoms with Crippen molar-refractivity contribution in [3.63, 3.8) is 0 Å². The van der Waals surface area contributed by atoms with E-state index in [1.54, 1.807) is 6.92 Å². The molecule has 0 aromatic rings. The Morgan fingerprint density at radius 3 is 2.64 bits per heavy atom. The van der Waals surface area contributed by atoms with Crippen LogP contribution in [0.3, 0.4) is 0 Å². The van der Waals surface area contributed by atoms with E-state index in [0.29, 0.717) is 6.42 Å². The van der Waals surface area contributed by atoms with Crippen LogP contribution in [-0.4, -0.2) is 17.5 Å². The smallest absolute Gasteiger partial charge is 0.409 e. The third-order valence-electron chi connectivity index (χ3n) is 0.893. The van der Waals surface area contributed by atoms with E-state index in [-0.39, 0.29) is 6.61 Å². The van der Waals surface area contributed by atoms with Gasteiger partial charge in [-0.3, -0.25) is 10.1 Å². The van der Waals surface area contributed by atoms with Crippen LogP contribution in [0.4, 0.5) is 0 Å². The Bertz CT molecular complexity index is 187. The van der Waals surface area contributed by atoms with E-state index in [1.165, 1.54) is 0 Å². The summed E-state index contributed by atoms with van der Waals surface area (Å²) < 4.78 is 4.43. The van der Waals surface area contributed by atoms with Crippen molar-refractivity contribution in [1.82, 2.24) is 0 Å². The van der Waals surface area contributed by atoms with Crippen LogP contribution < -0.4 is 0 Å². The van der Waals surface area contributed by atoms with Crippen molar-refractivity contribution >= 4 is 5.97 Å². The summed E-state index contributed by atoms with van der Waals surface area (Å²) >= 11 is 0. The lowest BCUT2D eigenvalue weighted by atomic mass is 10.5. The Labute approximate surface area is 63.8 Å². The number of ether oxygens (including phenoxy) is 1. The summed E-state index contributed by atoms with van der Waals surface area (Å²) in [6.07, 6.45) is 0.636. The molecule has 0 aromatic heterocycles. The second kappa shape index (κ2) is 4.43. The molecule has 0 rings (SSSR count). The van der Waals surface area contributed by atoms with Gasteiger partial charge < -0.3 is 4.74 Å². The van der Waals surface area contributed by atoms with Crippen molar-refractivity contribution in [1.29, 1.82) is 0 Å². The molecule has 5 nitrogen and oxygen atoms in total. The number of esters is 1. The molecular weight excluding hydrogens is 150 g/mol. The summed E-state index contributed by atoms with van der Waals surface area (Å²) in [5, 5.41) is 9.91. The highest BCUT2D eigenvalue weighted by Crippen LogP contribution is 1.95. The number of nitrogens with zero attached hydrogens (tertiary/aromatic N) is 1. The Balaban J connectivity index is 3.84. The van der Waals surface area contributed by atoms with Crippen LogP contribution in [0, 0.1) is 10.1 Å². The van der Waals surface area contributed by atoms with E-state index in [4.69, 9.17) is 0 Å². The molecule has 0 aromatic carbocycles. The fraction of sp³-hybridized carbons (Fsp3) is 0.500. The zero-order chi connectivity index (χ0) is 8.85. The van der Waals surface area contributed by atoms with E-state index in [1.807, 2.05) is 0 Å². The quantitative estimate of drug-likeness (QED) is 0.262. The number of carbonyl (C=O) groups excluding carboxylic acids is 1. The Hall–Kier alpha value is -1.39. The molecule has 0 radical (unpaired) electrons. The second-order valence-corrected chi connectivity index (χ2v) is 1.84. The van der Waals surface area contributed by atoms with Gasteiger partial charge in [-0.2, -0.15) is 0 Å². The van der Waals surface area contributed by atoms with Crippen LogP contribution in [0.2, 0.25) is 0 Å². The molecule has 0 spiro atoms. The number of hydrogen-bond acceptors (Lipinski definition) is 4. The SMILES string of the molecule is C=C(C(=O)OCCC)[N+](=O)[O-]. The van der Waals surface area contributed by atoms with Gasteiger partial charge in [0.2, 0.25) is 0 Å². The number of rotatable bonds is 4. The summed E-state index contributed by atoms with van der Waals surface area (Å²) in [6, 6.07) is 0. The maximum atomic E-state index is 10.6. The standard InChI is InChI=1S/C6H9NO4/c1-3-4-11-6(8)5(2)7(9)10/h2-4H2,1H3. The molecule has 5 heteroatoms. The molecule has 0 aliphatic heterocycles. The minimum absolute atomic E-state index is 0.186. The number of nitro groups is 1. The zero-order valence-electron chi connectivity index (χ0n) is 6.20. The predicted molar refractivity (Wildman–Crippen MR) is 37.4 cm³/mol. The van der Waals surface area contributed by atoms with Gasteiger partial charge >= 0.3 is 11.7 Å². The van der Waals surface area contributed by atoms with Gasteiger partial charge in [0, 0.05) is 0 Å². The summed E-state index contributed by atoms with van der Waals surface area (Å²) in [5.74, 6) is -0.961. The highest BCUT2D eigenvalue weighted by atomic mass is 16.6. The zero-order valence-corrected chi connectivity index (χ0v) is 6.20. The Kier molecular flexibility index (Phi) is 3.87. The lowest BCUT2D eigenvalue weighted by Gasteiger charge is -1.97. The van der Waals surface area contributed by atoms with Crippen LogP contribution in [0.1, 0.15) is 13.3 Å². The largest absolute Gasteiger partial charge is 0.458 e. The molecule has 0 atom stereocenters. The van der Waals surface area contributed by atoms with Crippen LogP contribution in [0.5, 0.6) is 0 Å². The normalized spacial score (nSPS) is 8.82. The average Bonchev–Trinajstić information content (AvgIpc) is 1.98. The molecule has 0 aliphatic carbocycles. The van der Waals surface area contributed by atoms with Gasteiger partial charge in [0.05, 0.1) is 11.5 Å². The first-order chi connectivity index (χ1) is 5.09. The fourth-order valence-corrected chi connectivity index (χ4v) is 0.353. The molecule has 0 heterocycles. The highest BCUT2D eigenvalue weighted by molar-refractivity contribution is 5.84. The summed E-state index contributed by atoms with van der Waals surface area (Å²) in [6.45, 7) is 4.91. The van der Waals surface area contributed by atoms with Crippen LogP contribution in [-0.2, 0) is 9.53 Å².